The molecule has 26 heavy (non-hydrogen) atoms. The van der Waals surface area contributed by atoms with Gasteiger partial charge < -0.3 is 15.5 Å². The summed E-state index contributed by atoms with van der Waals surface area (Å²) in [6.45, 7) is 5.68. The fourth-order valence-corrected chi connectivity index (χ4v) is 4.61. The largest absolute Gasteiger partial charge is 0.338 e. The van der Waals surface area contributed by atoms with Crippen LogP contribution < -0.4 is 10.6 Å². The van der Waals surface area contributed by atoms with Crippen molar-refractivity contribution in [1.82, 2.24) is 10.2 Å². The van der Waals surface area contributed by atoms with Crippen LogP contribution >= 0.6 is 11.3 Å². The molecule has 2 atom stereocenters. The molecule has 5 nitrogen and oxygen atoms in total. The number of carbonyl (C=O) groups is 2. The van der Waals surface area contributed by atoms with Crippen molar-refractivity contribution < 1.29 is 9.59 Å². The van der Waals surface area contributed by atoms with E-state index in [0.717, 1.165) is 32.6 Å². The van der Waals surface area contributed by atoms with Gasteiger partial charge in [0.2, 0.25) is 0 Å². The lowest BCUT2D eigenvalue weighted by Crippen LogP contribution is -2.32. The van der Waals surface area contributed by atoms with Crippen molar-refractivity contribution >= 4 is 28.2 Å². The number of fused-ring (bicyclic) bond motifs is 1. The zero-order valence-electron chi connectivity index (χ0n) is 14.8. The highest BCUT2D eigenvalue weighted by molar-refractivity contribution is 7.14. The minimum atomic E-state index is -0.174. The number of nitrogens with one attached hydrogen (secondary N) is 2. The number of nitrogens with zero attached hydrogens (tertiary/aromatic N) is 1. The summed E-state index contributed by atoms with van der Waals surface area (Å²) in [5.74, 6) is 0.976. The number of thiophene rings is 1. The summed E-state index contributed by atoms with van der Waals surface area (Å²) < 4.78 is 0. The average molecular weight is 369 g/mol. The monoisotopic (exact) mass is 369 g/mol. The van der Waals surface area contributed by atoms with Gasteiger partial charge in [-0.05, 0) is 47.4 Å². The molecule has 6 heteroatoms. The van der Waals surface area contributed by atoms with E-state index in [1.54, 1.807) is 0 Å². The normalized spacial score (nSPS) is 21.7. The van der Waals surface area contributed by atoms with Crippen LogP contribution in [0.3, 0.4) is 0 Å². The number of benzene rings is 1. The number of hydrogen-bond donors (Lipinski definition) is 2. The van der Waals surface area contributed by atoms with Crippen LogP contribution in [0.4, 0.5) is 5.00 Å². The molecule has 0 aliphatic carbocycles. The second kappa shape index (κ2) is 7.21. The number of amides is 2. The van der Waals surface area contributed by atoms with Crippen molar-refractivity contribution in [2.75, 3.05) is 31.5 Å². The van der Waals surface area contributed by atoms with Gasteiger partial charge in [0, 0.05) is 31.7 Å². The van der Waals surface area contributed by atoms with E-state index in [4.69, 9.17) is 0 Å². The van der Waals surface area contributed by atoms with Gasteiger partial charge in [0.05, 0.1) is 5.56 Å². The van der Waals surface area contributed by atoms with E-state index in [-0.39, 0.29) is 11.8 Å². The maximum absolute atomic E-state index is 12.9. The number of hydrogen-bond acceptors (Lipinski definition) is 4. The topological polar surface area (TPSA) is 61.4 Å². The summed E-state index contributed by atoms with van der Waals surface area (Å²) in [6.07, 6.45) is 0.943. The van der Waals surface area contributed by atoms with Gasteiger partial charge >= 0.3 is 0 Å². The molecule has 2 aliphatic heterocycles. The first-order chi connectivity index (χ1) is 12.7. The van der Waals surface area contributed by atoms with E-state index in [1.165, 1.54) is 16.9 Å². The summed E-state index contributed by atoms with van der Waals surface area (Å²) in [5.41, 5.74) is 2.40. The van der Waals surface area contributed by atoms with E-state index < -0.39 is 0 Å². The summed E-state index contributed by atoms with van der Waals surface area (Å²) in [4.78, 5) is 27.4. The quantitative estimate of drug-likeness (QED) is 0.871. The Morgan fingerprint density at radius 3 is 2.50 bits per heavy atom. The molecule has 2 aromatic rings. The van der Waals surface area contributed by atoms with E-state index in [0.29, 0.717) is 28.0 Å². The maximum Gasteiger partial charge on any atom is 0.256 e. The Bertz CT molecular complexity index is 803. The third kappa shape index (κ3) is 3.27. The molecule has 0 bridgehead atoms. The number of anilines is 1. The molecule has 0 saturated carbocycles. The van der Waals surface area contributed by atoms with Crippen LogP contribution in [0.1, 0.15) is 33.2 Å². The van der Waals surface area contributed by atoms with Crippen molar-refractivity contribution in [3.63, 3.8) is 0 Å². The molecule has 136 valence electrons. The van der Waals surface area contributed by atoms with Gasteiger partial charge in [0.1, 0.15) is 5.00 Å². The van der Waals surface area contributed by atoms with Gasteiger partial charge in [-0.25, -0.2) is 0 Å². The van der Waals surface area contributed by atoms with Crippen molar-refractivity contribution in [3.05, 3.63) is 52.4 Å². The number of likely N-dealkylation sites (tertiary alicyclic amines) is 1. The van der Waals surface area contributed by atoms with Crippen LogP contribution in [0.2, 0.25) is 0 Å². The second-order valence-electron chi connectivity index (χ2n) is 7.06. The van der Waals surface area contributed by atoms with Crippen LogP contribution in [-0.2, 0) is 6.42 Å². The molecule has 3 heterocycles. The van der Waals surface area contributed by atoms with E-state index >= 15 is 0 Å². The van der Waals surface area contributed by atoms with Crippen LogP contribution in [0, 0.1) is 11.8 Å². The fraction of sp³-hybridized carbons (Fsp3) is 0.400. The number of rotatable bonds is 4. The zero-order valence-corrected chi connectivity index (χ0v) is 15.6. The molecule has 2 aliphatic rings. The van der Waals surface area contributed by atoms with Gasteiger partial charge in [0.15, 0.2) is 0 Å². The minimum absolute atomic E-state index is 0.0253. The SMILES string of the molecule is CCc1ccc(C(=O)Nc2sccc2C(=O)N2C[C@H]3CNC[C@H]3C2)cc1. The second-order valence-corrected chi connectivity index (χ2v) is 7.97. The first-order valence-corrected chi connectivity index (χ1v) is 10.0. The Morgan fingerprint density at radius 2 is 1.85 bits per heavy atom. The van der Waals surface area contributed by atoms with Crippen molar-refractivity contribution in [3.8, 4) is 0 Å². The number of carbonyl (C=O) groups excluding carboxylic acids is 2. The molecule has 0 unspecified atom stereocenters. The standard InChI is InChI=1S/C20H23N3O2S/c1-2-13-3-5-14(6-4-13)18(24)22-19-17(7-8-26-19)20(25)23-11-15-9-21-10-16(15)12-23/h3-8,15-16,21H,2,9-12H2,1H3,(H,22,24)/t15-,16+. The van der Waals surface area contributed by atoms with Crippen LogP contribution in [0.5, 0.6) is 0 Å². The molecular weight excluding hydrogens is 346 g/mol. The van der Waals surface area contributed by atoms with Crippen molar-refractivity contribution in [1.29, 1.82) is 0 Å². The van der Waals surface area contributed by atoms with E-state index in [1.807, 2.05) is 40.6 Å². The minimum Gasteiger partial charge on any atom is -0.338 e. The molecule has 1 aromatic carbocycles. The maximum atomic E-state index is 12.9. The molecule has 2 amide bonds. The Hall–Kier alpha value is -2.18. The molecule has 2 saturated heterocycles. The first-order valence-electron chi connectivity index (χ1n) is 9.13. The summed E-state index contributed by atoms with van der Waals surface area (Å²) in [5, 5.41) is 8.80. The highest BCUT2D eigenvalue weighted by Crippen LogP contribution is 2.31. The van der Waals surface area contributed by atoms with Gasteiger partial charge in [-0.15, -0.1) is 11.3 Å². The molecule has 4 rings (SSSR count). The Kier molecular flexibility index (Phi) is 4.78. The summed E-state index contributed by atoms with van der Waals surface area (Å²) in [6, 6.07) is 9.41. The summed E-state index contributed by atoms with van der Waals surface area (Å²) in [7, 11) is 0. The third-order valence-electron chi connectivity index (χ3n) is 5.42. The Labute approximate surface area is 157 Å². The van der Waals surface area contributed by atoms with Gasteiger partial charge in [-0.3, -0.25) is 9.59 Å². The van der Waals surface area contributed by atoms with Crippen LogP contribution in [0.25, 0.3) is 0 Å². The highest BCUT2D eigenvalue weighted by atomic mass is 32.1. The summed E-state index contributed by atoms with van der Waals surface area (Å²) >= 11 is 1.40. The first kappa shape index (κ1) is 17.2. The van der Waals surface area contributed by atoms with Crippen molar-refractivity contribution in [2.24, 2.45) is 11.8 Å². The highest BCUT2D eigenvalue weighted by Gasteiger charge is 2.38. The van der Waals surface area contributed by atoms with Crippen LogP contribution in [0.15, 0.2) is 35.7 Å². The van der Waals surface area contributed by atoms with Crippen LogP contribution in [-0.4, -0.2) is 42.9 Å². The van der Waals surface area contributed by atoms with E-state index in [2.05, 4.69) is 17.6 Å². The lowest BCUT2D eigenvalue weighted by atomic mass is 10.0. The predicted molar refractivity (Wildman–Crippen MR) is 104 cm³/mol. The van der Waals surface area contributed by atoms with Gasteiger partial charge in [-0.1, -0.05) is 19.1 Å². The van der Waals surface area contributed by atoms with Gasteiger partial charge in [-0.2, -0.15) is 0 Å². The molecular formula is C20H23N3O2S. The zero-order chi connectivity index (χ0) is 18.1. The van der Waals surface area contributed by atoms with Crippen molar-refractivity contribution in [2.45, 2.75) is 13.3 Å². The van der Waals surface area contributed by atoms with E-state index in [9.17, 15) is 9.59 Å². The Morgan fingerprint density at radius 1 is 1.15 bits per heavy atom. The molecule has 2 fully saturated rings. The van der Waals surface area contributed by atoms with Gasteiger partial charge in [0.25, 0.3) is 11.8 Å². The third-order valence-corrected chi connectivity index (χ3v) is 6.25. The molecule has 1 aromatic heterocycles. The lowest BCUT2D eigenvalue weighted by Gasteiger charge is -2.18. The average Bonchev–Trinajstić information content (AvgIpc) is 3.37. The molecule has 0 spiro atoms. The smallest absolute Gasteiger partial charge is 0.256 e. The predicted octanol–water partition coefficient (Wildman–Crippen LogP) is 2.85. The lowest BCUT2D eigenvalue weighted by molar-refractivity contribution is 0.0783. The fourth-order valence-electron chi connectivity index (χ4n) is 3.83. The molecule has 0 radical (unpaired) electrons. The number of aryl methyl sites for hydroxylation is 1. The Balaban J connectivity index is 1.46. The molecule has 2 N–H and O–H groups in total.